The molecular formula is C14H17N5. The normalized spacial score (nSPS) is 17.3. The molecule has 19 heavy (non-hydrogen) atoms. The molecule has 0 bridgehead atoms. The smallest absolute Gasteiger partial charge is 0.227 e. The van der Waals surface area contributed by atoms with Crippen LogP contribution >= 0.6 is 0 Å². The highest BCUT2D eigenvalue weighted by Crippen LogP contribution is 2.34. The highest BCUT2D eigenvalue weighted by molar-refractivity contribution is 5.45. The van der Waals surface area contributed by atoms with Crippen LogP contribution < -0.4 is 11.1 Å². The van der Waals surface area contributed by atoms with E-state index in [0.29, 0.717) is 5.95 Å². The average Bonchev–Trinajstić information content (AvgIpc) is 2.73. The van der Waals surface area contributed by atoms with Crippen molar-refractivity contribution in [1.29, 1.82) is 0 Å². The first-order chi connectivity index (χ1) is 9.13. The van der Waals surface area contributed by atoms with Gasteiger partial charge in [-0.25, -0.2) is 9.97 Å². The SMILES string of the molecule is Cc1cc2c(cc1C)[C@H](Nc1ncnc(N)n1)CC2. The van der Waals surface area contributed by atoms with Crippen molar-refractivity contribution in [3.05, 3.63) is 40.7 Å². The van der Waals surface area contributed by atoms with E-state index in [0.717, 1.165) is 12.8 Å². The molecule has 1 aliphatic rings. The molecule has 0 unspecified atom stereocenters. The molecule has 1 aromatic heterocycles. The van der Waals surface area contributed by atoms with Gasteiger partial charge in [0, 0.05) is 0 Å². The summed E-state index contributed by atoms with van der Waals surface area (Å²) in [5, 5.41) is 3.34. The molecule has 3 rings (SSSR count). The molecule has 3 N–H and O–H groups in total. The van der Waals surface area contributed by atoms with Gasteiger partial charge in [0.15, 0.2) is 0 Å². The van der Waals surface area contributed by atoms with E-state index in [9.17, 15) is 0 Å². The molecule has 1 atom stereocenters. The average molecular weight is 255 g/mol. The van der Waals surface area contributed by atoms with Gasteiger partial charge in [0.05, 0.1) is 6.04 Å². The third-order valence-electron chi connectivity index (χ3n) is 3.73. The van der Waals surface area contributed by atoms with Crippen molar-refractivity contribution >= 4 is 11.9 Å². The Kier molecular flexibility index (Phi) is 2.81. The number of rotatable bonds is 2. The standard InChI is InChI=1S/C14H17N5/c1-8-5-10-3-4-12(11(10)6-9(8)2)18-14-17-7-16-13(15)19-14/h5-7,12H,3-4H2,1-2H3,(H3,15,16,17,18,19)/t12-/m1/s1. The zero-order chi connectivity index (χ0) is 13.4. The summed E-state index contributed by atoms with van der Waals surface area (Å²) >= 11 is 0. The summed E-state index contributed by atoms with van der Waals surface area (Å²) in [6.45, 7) is 4.30. The fourth-order valence-electron chi connectivity index (χ4n) is 2.58. The second-order valence-corrected chi connectivity index (χ2v) is 5.04. The molecule has 0 radical (unpaired) electrons. The number of hydrogen-bond donors (Lipinski definition) is 2. The number of hydrogen-bond acceptors (Lipinski definition) is 5. The summed E-state index contributed by atoms with van der Waals surface area (Å²) < 4.78 is 0. The van der Waals surface area contributed by atoms with Gasteiger partial charge in [0.2, 0.25) is 11.9 Å². The van der Waals surface area contributed by atoms with E-state index < -0.39 is 0 Å². The van der Waals surface area contributed by atoms with E-state index in [-0.39, 0.29) is 12.0 Å². The molecule has 2 aromatic rings. The molecule has 5 nitrogen and oxygen atoms in total. The van der Waals surface area contributed by atoms with Gasteiger partial charge in [0.25, 0.3) is 0 Å². The highest BCUT2D eigenvalue weighted by atomic mass is 15.2. The maximum Gasteiger partial charge on any atom is 0.227 e. The van der Waals surface area contributed by atoms with Crippen LogP contribution in [0, 0.1) is 13.8 Å². The summed E-state index contributed by atoms with van der Waals surface area (Å²) in [4.78, 5) is 12.0. The Balaban J connectivity index is 1.88. The number of nitrogens with two attached hydrogens (primary N) is 1. The molecule has 5 heteroatoms. The zero-order valence-corrected chi connectivity index (χ0v) is 11.1. The van der Waals surface area contributed by atoms with E-state index in [2.05, 4.69) is 46.2 Å². The van der Waals surface area contributed by atoms with Crippen molar-refractivity contribution in [3.63, 3.8) is 0 Å². The molecule has 98 valence electrons. The minimum Gasteiger partial charge on any atom is -0.368 e. The third kappa shape index (κ3) is 2.23. The summed E-state index contributed by atoms with van der Waals surface area (Å²) in [5.41, 5.74) is 11.0. The first-order valence-electron chi connectivity index (χ1n) is 6.44. The van der Waals surface area contributed by atoms with Crippen LogP contribution in [0.3, 0.4) is 0 Å². The fraction of sp³-hybridized carbons (Fsp3) is 0.357. The minimum absolute atomic E-state index is 0.246. The molecule has 0 amide bonds. The molecule has 0 spiro atoms. The summed E-state index contributed by atoms with van der Waals surface area (Å²) in [7, 11) is 0. The molecule has 1 aromatic carbocycles. The lowest BCUT2D eigenvalue weighted by Gasteiger charge is -2.15. The van der Waals surface area contributed by atoms with Crippen LogP contribution in [0.2, 0.25) is 0 Å². The molecule has 0 saturated heterocycles. The minimum atomic E-state index is 0.246. The first-order valence-corrected chi connectivity index (χ1v) is 6.44. The number of aryl methyl sites for hydroxylation is 3. The molecule has 0 fully saturated rings. The lowest BCUT2D eigenvalue weighted by molar-refractivity contribution is 0.749. The maximum atomic E-state index is 5.57. The predicted octanol–water partition coefficient (Wildman–Crippen LogP) is 2.17. The van der Waals surface area contributed by atoms with Gasteiger partial charge >= 0.3 is 0 Å². The number of nitrogens with one attached hydrogen (secondary N) is 1. The quantitative estimate of drug-likeness (QED) is 0.860. The van der Waals surface area contributed by atoms with Crippen molar-refractivity contribution in [3.8, 4) is 0 Å². The topological polar surface area (TPSA) is 76.7 Å². The Morgan fingerprint density at radius 1 is 1.21 bits per heavy atom. The second kappa shape index (κ2) is 4.50. The van der Waals surface area contributed by atoms with E-state index in [4.69, 9.17) is 5.73 Å². The van der Waals surface area contributed by atoms with Gasteiger partial charge in [0.1, 0.15) is 6.33 Å². The number of nitrogens with zero attached hydrogens (tertiary/aromatic N) is 3. The largest absolute Gasteiger partial charge is 0.368 e. The lowest BCUT2D eigenvalue weighted by Crippen LogP contribution is -2.11. The van der Waals surface area contributed by atoms with Crippen LogP contribution in [-0.4, -0.2) is 15.0 Å². The third-order valence-corrected chi connectivity index (χ3v) is 3.73. The van der Waals surface area contributed by atoms with Crippen molar-refractivity contribution in [2.45, 2.75) is 32.7 Å². The van der Waals surface area contributed by atoms with Crippen molar-refractivity contribution in [1.82, 2.24) is 15.0 Å². The van der Waals surface area contributed by atoms with Crippen molar-refractivity contribution < 1.29 is 0 Å². The predicted molar refractivity (Wildman–Crippen MR) is 74.8 cm³/mol. The van der Waals surface area contributed by atoms with Gasteiger partial charge in [-0.3, -0.25) is 0 Å². The Bertz CT molecular complexity index is 623. The van der Waals surface area contributed by atoms with Gasteiger partial charge < -0.3 is 11.1 Å². The van der Waals surface area contributed by atoms with Crippen molar-refractivity contribution in [2.75, 3.05) is 11.1 Å². The Labute approximate surface area is 112 Å². The van der Waals surface area contributed by atoms with Crippen LogP contribution in [0.25, 0.3) is 0 Å². The second-order valence-electron chi connectivity index (χ2n) is 5.04. The molecular weight excluding hydrogens is 238 g/mol. The number of anilines is 2. The Morgan fingerprint density at radius 2 is 2.00 bits per heavy atom. The summed E-state index contributed by atoms with van der Waals surface area (Å²) in [6, 6.07) is 4.81. The van der Waals surface area contributed by atoms with Crippen LogP contribution in [-0.2, 0) is 6.42 Å². The van der Waals surface area contributed by atoms with E-state index in [1.54, 1.807) is 0 Å². The van der Waals surface area contributed by atoms with E-state index in [1.165, 1.54) is 28.6 Å². The summed E-state index contributed by atoms with van der Waals surface area (Å²) in [6.07, 6.45) is 3.58. The molecule has 1 heterocycles. The fourth-order valence-corrected chi connectivity index (χ4v) is 2.58. The zero-order valence-electron chi connectivity index (χ0n) is 11.1. The molecule has 0 aliphatic heterocycles. The molecule has 0 saturated carbocycles. The maximum absolute atomic E-state index is 5.57. The van der Waals surface area contributed by atoms with E-state index in [1.807, 2.05) is 0 Å². The van der Waals surface area contributed by atoms with E-state index >= 15 is 0 Å². The van der Waals surface area contributed by atoms with Gasteiger partial charge in [-0.15, -0.1) is 0 Å². The lowest BCUT2D eigenvalue weighted by atomic mass is 10.0. The summed E-state index contributed by atoms with van der Waals surface area (Å²) in [5.74, 6) is 0.791. The van der Waals surface area contributed by atoms with Crippen LogP contribution in [0.15, 0.2) is 18.5 Å². The Morgan fingerprint density at radius 3 is 2.79 bits per heavy atom. The number of aromatic nitrogens is 3. The highest BCUT2D eigenvalue weighted by Gasteiger charge is 2.23. The van der Waals surface area contributed by atoms with Crippen molar-refractivity contribution in [2.24, 2.45) is 0 Å². The van der Waals surface area contributed by atoms with Gasteiger partial charge in [-0.05, 0) is 48.9 Å². The van der Waals surface area contributed by atoms with Crippen LogP contribution in [0.1, 0.15) is 34.7 Å². The first kappa shape index (κ1) is 11.9. The monoisotopic (exact) mass is 255 g/mol. The van der Waals surface area contributed by atoms with Crippen LogP contribution in [0.4, 0.5) is 11.9 Å². The molecule has 1 aliphatic carbocycles. The van der Waals surface area contributed by atoms with Crippen LogP contribution in [0.5, 0.6) is 0 Å². The van der Waals surface area contributed by atoms with Gasteiger partial charge in [-0.2, -0.15) is 4.98 Å². The number of benzene rings is 1. The number of nitrogen functional groups attached to an aromatic ring is 1. The number of fused-ring (bicyclic) bond motifs is 1. The van der Waals surface area contributed by atoms with Gasteiger partial charge in [-0.1, -0.05) is 12.1 Å². The Hall–Kier alpha value is -2.17.